The van der Waals surface area contributed by atoms with Crippen molar-refractivity contribution in [3.8, 4) is 5.75 Å². The lowest BCUT2D eigenvalue weighted by molar-refractivity contribution is -0.136. The van der Waals surface area contributed by atoms with Gasteiger partial charge in [-0.25, -0.2) is 4.79 Å². The molecule has 0 aliphatic heterocycles. The van der Waals surface area contributed by atoms with Crippen LogP contribution in [0.2, 0.25) is 0 Å². The standard InChI is InChI=1S/C14H14O.C7H13NO4.2C2H6/c1-12-7-9-14(10-8-12)15-11-13-5-3-2-4-6-13;1-7(2,3)12-6(11)8-4-5(9)10;2*1-2/h2-10H,11H2,1H3;4H2,1-3H3,(H,8,11)(H,9,10);2*1-2H3. The molecule has 0 saturated carbocycles. The molecule has 0 atom stereocenters. The van der Waals surface area contributed by atoms with Gasteiger partial charge < -0.3 is 19.9 Å². The van der Waals surface area contributed by atoms with E-state index in [2.05, 4.69) is 36.5 Å². The van der Waals surface area contributed by atoms with Crippen LogP contribution in [0.5, 0.6) is 5.75 Å². The van der Waals surface area contributed by atoms with Gasteiger partial charge in [-0.15, -0.1) is 0 Å². The Morgan fingerprint density at radius 3 is 1.87 bits per heavy atom. The molecule has 2 rings (SSSR count). The Hall–Kier alpha value is -3.02. The van der Waals surface area contributed by atoms with Crippen molar-refractivity contribution < 1.29 is 24.2 Å². The van der Waals surface area contributed by atoms with Crippen molar-refractivity contribution in [1.82, 2.24) is 5.32 Å². The minimum absolute atomic E-state index is 0.422. The van der Waals surface area contributed by atoms with Gasteiger partial charge in [-0.05, 0) is 45.4 Å². The van der Waals surface area contributed by atoms with Crippen LogP contribution in [-0.4, -0.2) is 29.3 Å². The van der Waals surface area contributed by atoms with E-state index in [-0.39, 0.29) is 0 Å². The smallest absolute Gasteiger partial charge is 0.408 e. The number of carboxylic acids is 1. The molecule has 0 saturated heterocycles. The number of carboxylic acid groups (broad SMARTS) is 1. The van der Waals surface area contributed by atoms with Crippen LogP contribution < -0.4 is 10.1 Å². The molecule has 0 aliphatic rings. The van der Waals surface area contributed by atoms with Crippen LogP contribution in [0.4, 0.5) is 4.79 Å². The summed E-state index contributed by atoms with van der Waals surface area (Å²) in [5, 5.41) is 10.3. The molecule has 0 aliphatic carbocycles. The lowest BCUT2D eigenvalue weighted by Crippen LogP contribution is -2.35. The Labute approximate surface area is 187 Å². The molecule has 0 aromatic heterocycles. The second-order valence-electron chi connectivity index (χ2n) is 6.84. The zero-order chi connectivity index (χ0) is 24.3. The number of ether oxygens (including phenoxy) is 2. The normalized spacial score (nSPS) is 9.29. The maximum atomic E-state index is 10.8. The molecule has 0 bridgehead atoms. The van der Waals surface area contributed by atoms with E-state index in [0.29, 0.717) is 6.61 Å². The van der Waals surface area contributed by atoms with Crippen LogP contribution >= 0.6 is 0 Å². The van der Waals surface area contributed by atoms with Crippen molar-refractivity contribution in [2.24, 2.45) is 0 Å². The summed E-state index contributed by atoms with van der Waals surface area (Å²) in [7, 11) is 0. The Bertz CT molecular complexity index is 707. The average molecular weight is 434 g/mol. The predicted octanol–water partition coefficient (Wildman–Crippen LogP) is 6.22. The molecular weight excluding hydrogens is 394 g/mol. The Kier molecular flexibility index (Phi) is 17.3. The average Bonchev–Trinajstić information content (AvgIpc) is 2.75. The summed E-state index contributed by atoms with van der Waals surface area (Å²) in [4.78, 5) is 20.8. The first kappa shape index (κ1) is 30.2. The Morgan fingerprint density at radius 2 is 1.42 bits per heavy atom. The number of alkyl carbamates (subject to hydrolysis) is 1. The van der Waals surface area contributed by atoms with Crippen LogP contribution in [0.15, 0.2) is 54.6 Å². The second-order valence-corrected chi connectivity index (χ2v) is 6.84. The van der Waals surface area contributed by atoms with Crippen molar-refractivity contribution in [2.75, 3.05) is 6.54 Å². The Balaban J connectivity index is 0. The van der Waals surface area contributed by atoms with Crippen LogP contribution in [0, 0.1) is 6.92 Å². The van der Waals surface area contributed by atoms with E-state index in [1.165, 1.54) is 11.1 Å². The van der Waals surface area contributed by atoms with Crippen LogP contribution in [0.25, 0.3) is 0 Å². The van der Waals surface area contributed by atoms with Gasteiger partial charge in [0, 0.05) is 0 Å². The largest absolute Gasteiger partial charge is 0.489 e. The van der Waals surface area contributed by atoms with Crippen LogP contribution in [-0.2, 0) is 16.1 Å². The third kappa shape index (κ3) is 18.7. The second kappa shape index (κ2) is 17.8. The maximum Gasteiger partial charge on any atom is 0.408 e. The van der Waals surface area contributed by atoms with Crippen LogP contribution in [0.3, 0.4) is 0 Å². The summed E-state index contributed by atoms with van der Waals surface area (Å²) in [5.41, 5.74) is 1.85. The van der Waals surface area contributed by atoms with Crippen molar-refractivity contribution in [1.29, 1.82) is 0 Å². The summed E-state index contributed by atoms with van der Waals surface area (Å²) in [6, 6.07) is 18.3. The molecule has 31 heavy (non-hydrogen) atoms. The van der Waals surface area contributed by atoms with E-state index in [1.807, 2.05) is 58.0 Å². The molecule has 0 unspecified atom stereocenters. The van der Waals surface area contributed by atoms with Gasteiger partial charge in [-0.2, -0.15) is 0 Å². The SMILES string of the molecule is CC.CC.CC(C)(C)OC(=O)NCC(=O)O.Cc1ccc(OCc2ccccc2)cc1. The number of amides is 1. The minimum atomic E-state index is -1.10. The van der Waals surface area contributed by atoms with E-state index in [9.17, 15) is 9.59 Å². The summed E-state index contributed by atoms with van der Waals surface area (Å²) in [5.74, 6) is -0.176. The van der Waals surface area contributed by atoms with Crippen molar-refractivity contribution in [2.45, 2.75) is 67.6 Å². The minimum Gasteiger partial charge on any atom is -0.489 e. The Morgan fingerprint density at radius 1 is 0.903 bits per heavy atom. The molecule has 0 heterocycles. The third-order valence-corrected chi connectivity index (χ3v) is 3.05. The lowest BCUT2D eigenvalue weighted by atomic mass is 10.2. The third-order valence-electron chi connectivity index (χ3n) is 3.05. The zero-order valence-corrected chi connectivity index (χ0v) is 20.2. The predicted molar refractivity (Wildman–Crippen MR) is 127 cm³/mol. The van der Waals surface area contributed by atoms with Gasteiger partial charge in [-0.3, -0.25) is 4.79 Å². The highest BCUT2D eigenvalue weighted by molar-refractivity contribution is 5.76. The van der Waals surface area contributed by atoms with Crippen molar-refractivity contribution in [3.63, 3.8) is 0 Å². The number of carbonyl (C=O) groups excluding carboxylic acids is 1. The molecule has 1 amide bonds. The summed E-state index contributed by atoms with van der Waals surface area (Å²) < 4.78 is 10.4. The molecule has 0 fully saturated rings. The number of nitrogens with one attached hydrogen (secondary N) is 1. The van der Waals surface area contributed by atoms with E-state index in [0.717, 1.165) is 5.75 Å². The molecule has 2 aromatic rings. The summed E-state index contributed by atoms with van der Waals surface area (Å²) >= 11 is 0. The zero-order valence-electron chi connectivity index (χ0n) is 20.2. The molecule has 0 spiro atoms. The van der Waals surface area contributed by atoms with Crippen molar-refractivity contribution >= 4 is 12.1 Å². The highest BCUT2D eigenvalue weighted by Gasteiger charge is 2.16. The van der Waals surface area contributed by atoms with Gasteiger partial charge in [0.2, 0.25) is 0 Å². The first-order chi connectivity index (χ1) is 14.7. The first-order valence-corrected chi connectivity index (χ1v) is 10.6. The number of hydrogen-bond donors (Lipinski definition) is 2. The van der Waals surface area contributed by atoms with Crippen LogP contribution in [0.1, 0.15) is 59.6 Å². The molecule has 174 valence electrons. The lowest BCUT2D eigenvalue weighted by Gasteiger charge is -2.19. The van der Waals surface area contributed by atoms with E-state index in [4.69, 9.17) is 14.6 Å². The molecule has 2 N–H and O–H groups in total. The number of rotatable bonds is 5. The van der Waals surface area contributed by atoms with Gasteiger partial charge >= 0.3 is 12.1 Å². The maximum absolute atomic E-state index is 10.8. The molecule has 6 nitrogen and oxygen atoms in total. The highest BCUT2D eigenvalue weighted by atomic mass is 16.6. The summed E-state index contributed by atoms with van der Waals surface area (Å²) in [6.45, 7) is 15.4. The van der Waals surface area contributed by atoms with Gasteiger partial charge in [0.1, 0.15) is 24.5 Å². The van der Waals surface area contributed by atoms with Gasteiger partial charge in [0.15, 0.2) is 0 Å². The van der Waals surface area contributed by atoms with E-state index >= 15 is 0 Å². The summed E-state index contributed by atoms with van der Waals surface area (Å²) in [6.07, 6.45) is -0.718. The molecule has 6 heteroatoms. The number of benzene rings is 2. The topological polar surface area (TPSA) is 84.9 Å². The van der Waals surface area contributed by atoms with Crippen molar-refractivity contribution in [3.05, 3.63) is 65.7 Å². The number of aryl methyl sites for hydroxylation is 1. The van der Waals surface area contributed by atoms with E-state index < -0.39 is 24.2 Å². The van der Waals surface area contributed by atoms with Gasteiger partial charge in [0.05, 0.1) is 0 Å². The quantitative estimate of drug-likeness (QED) is 0.584. The first-order valence-electron chi connectivity index (χ1n) is 10.6. The molecule has 2 aromatic carbocycles. The fraction of sp³-hybridized carbons (Fsp3) is 0.440. The van der Waals surface area contributed by atoms with Gasteiger partial charge in [-0.1, -0.05) is 75.7 Å². The molecular formula is C25H39NO5. The monoisotopic (exact) mass is 433 g/mol. The van der Waals surface area contributed by atoms with Gasteiger partial charge in [0.25, 0.3) is 0 Å². The number of aliphatic carboxylic acids is 1. The highest BCUT2D eigenvalue weighted by Crippen LogP contribution is 2.13. The number of hydrogen-bond acceptors (Lipinski definition) is 4. The van der Waals surface area contributed by atoms with E-state index in [1.54, 1.807) is 20.8 Å². The number of carbonyl (C=O) groups is 2. The fourth-order valence-corrected chi connectivity index (χ4v) is 1.84. The molecule has 0 radical (unpaired) electrons. The fourth-order valence-electron chi connectivity index (χ4n) is 1.84.